The van der Waals surface area contributed by atoms with Gasteiger partial charge < -0.3 is 14.7 Å². The van der Waals surface area contributed by atoms with Gasteiger partial charge >= 0.3 is 0 Å². The van der Waals surface area contributed by atoms with Crippen LogP contribution in [0.4, 0.5) is 5.82 Å². The fraction of sp³-hybridized carbons (Fsp3) is 0.467. The lowest BCUT2D eigenvalue weighted by molar-refractivity contribution is -0.129. The van der Waals surface area contributed by atoms with Crippen molar-refractivity contribution in [2.75, 3.05) is 18.4 Å². The van der Waals surface area contributed by atoms with Crippen LogP contribution in [0, 0.1) is 6.92 Å². The Kier molecular flexibility index (Phi) is 4.04. The molecular weight excluding hydrogens is 282 g/mol. The number of pyridine rings is 1. The van der Waals surface area contributed by atoms with Crippen molar-refractivity contribution in [3.63, 3.8) is 0 Å². The number of likely N-dealkylation sites (tertiary alicyclic amines) is 1. The van der Waals surface area contributed by atoms with Crippen LogP contribution in [0.15, 0.2) is 22.9 Å². The number of hydrogen-bond acceptors (Lipinski definition) is 6. The Morgan fingerprint density at radius 3 is 3.14 bits per heavy atom. The van der Waals surface area contributed by atoms with Crippen LogP contribution in [-0.4, -0.2) is 45.1 Å². The van der Waals surface area contributed by atoms with Crippen LogP contribution in [0.3, 0.4) is 0 Å². The maximum atomic E-state index is 11.7. The number of carbonyl (C=O) groups excluding carboxylic acids is 1. The first-order valence-electron chi connectivity index (χ1n) is 7.46. The molecule has 0 radical (unpaired) electrons. The molecule has 3 heterocycles. The number of aryl methyl sites for hydroxylation is 1. The van der Waals surface area contributed by atoms with E-state index in [4.69, 9.17) is 4.52 Å². The smallest absolute Gasteiger partial charge is 0.258 e. The highest BCUT2D eigenvalue weighted by atomic mass is 16.5. The van der Waals surface area contributed by atoms with Crippen molar-refractivity contribution in [3.8, 4) is 11.5 Å². The van der Waals surface area contributed by atoms with Gasteiger partial charge in [0.25, 0.3) is 5.89 Å². The molecule has 0 saturated carbocycles. The molecule has 3 rings (SSSR count). The molecule has 0 bridgehead atoms. The van der Waals surface area contributed by atoms with E-state index in [0.717, 1.165) is 30.9 Å². The van der Waals surface area contributed by atoms with Gasteiger partial charge in [-0.05, 0) is 25.5 Å². The molecule has 1 amide bonds. The van der Waals surface area contributed by atoms with Gasteiger partial charge in [-0.3, -0.25) is 4.79 Å². The largest absolute Gasteiger partial charge is 0.365 e. The molecule has 7 nitrogen and oxygen atoms in total. The first-order valence-corrected chi connectivity index (χ1v) is 7.46. The van der Waals surface area contributed by atoms with Crippen LogP contribution in [0.1, 0.15) is 25.6 Å². The van der Waals surface area contributed by atoms with E-state index in [1.807, 2.05) is 24.0 Å². The minimum atomic E-state index is 0.201. The summed E-state index contributed by atoms with van der Waals surface area (Å²) in [6.07, 6.45) is 3.19. The highest BCUT2D eigenvalue weighted by Gasteiger charge is 2.25. The fourth-order valence-electron chi connectivity index (χ4n) is 2.59. The number of nitrogens with one attached hydrogen (secondary N) is 1. The van der Waals surface area contributed by atoms with Crippen LogP contribution in [-0.2, 0) is 4.79 Å². The minimum absolute atomic E-state index is 0.201. The van der Waals surface area contributed by atoms with Crippen molar-refractivity contribution in [1.82, 2.24) is 20.0 Å². The fourth-order valence-corrected chi connectivity index (χ4v) is 2.59. The van der Waals surface area contributed by atoms with E-state index in [1.54, 1.807) is 13.1 Å². The van der Waals surface area contributed by atoms with Gasteiger partial charge in [0.1, 0.15) is 5.82 Å². The van der Waals surface area contributed by atoms with E-state index >= 15 is 0 Å². The SMILES string of the molecule is CCC(=O)N1CCC(Nc2cc(-c3nc(C)no3)ccn2)C1. The maximum absolute atomic E-state index is 11.7. The van der Waals surface area contributed by atoms with Gasteiger partial charge in [-0.1, -0.05) is 12.1 Å². The zero-order chi connectivity index (χ0) is 15.5. The lowest BCUT2D eigenvalue weighted by atomic mass is 10.2. The van der Waals surface area contributed by atoms with E-state index in [2.05, 4.69) is 20.4 Å². The Bertz CT molecular complexity index is 669. The van der Waals surface area contributed by atoms with Crippen LogP contribution in [0.2, 0.25) is 0 Å². The van der Waals surface area contributed by atoms with Gasteiger partial charge in [0.2, 0.25) is 5.91 Å². The van der Waals surface area contributed by atoms with Crippen molar-refractivity contribution in [2.45, 2.75) is 32.7 Å². The summed E-state index contributed by atoms with van der Waals surface area (Å²) in [6, 6.07) is 3.94. The van der Waals surface area contributed by atoms with E-state index in [0.29, 0.717) is 18.1 Å². The number of anilines is 1. The average Bonchev–Trinajstić information content (AvgIpc) is 3.16. The third-order valence-electron chi connectivity index (χ3n) is 3.73. The van der Waals surface area contributed by atoms with E-state index in [-0.39, 0.29) is 11.9 Å². The number of nitrogens with zero attached hydrogens (tertiary/aromatic N) is 4. The first kappa shape index (κ1) is 14.5. The number of carbonyl (C=O) groups is 1. The summed E-state index contributed by atoms with van der Waals surface area (Å²) in [5.41, 5.74) is 0.831. The molecule has 1 unspecified atom stereocenters. The lowest BCUT2D eigenvalue weighted by Gasteiger charge is -2.16. The van der Waals surface area contributed by atoms with Crippen LogP contribution >= 0.6 is 0 Å². The summed E-state index contributed by atoms with van der Waals surface area (Å²) in [5, 5.41) is 7.17. The van der Waals surface area contributed by atoms with Crippen LogP contribution in [0.25, 0.3) is 11.5 Å². The van der Waals surface area contributed by atoms with Gasteiger partial charge in [0, 0.05) is 37.3 Å². The molecule has 2 aromatic rings. The molecule has 116 valence electrons. The topological polar surface area (TPSA) is 84.2 Å². The first-order chi connectivity index (χ1) is 10.7. The molecule has 1 fully saturated rings. The van der Waals surface area contributed by atoms with Crippen molar-refractivity contribution < 1.29 is 9.32 Å². The Morgan fingerprint density at radius 1 is 1.55 bits per heavy atom. The summed E-state index contributed by atoms with van der Waals surface area (Å²) in [5.74, 6) is 2.04. The Labute approximate surface area is 128 Å². The van der Waals surface area contributed by atoms with Crippen LogP contribution in [0.5, 0.6) is 0 Å². The highest BCUT2D eigenvalue weighted by molar-refractivity contribution is 5.76. The zero-order valence-corrected chi connectivity index (χ0v) is 12.7. The third-order valence-corrected chi connectivity index (χ3v) is 3.73. The molecule has 1 atom stereocenters. The van der Waals surface area contributed by atoms with Gasteiger partial charge in [-0.15, -0.1) is 0 Å². The number of hydrogen-bond donors (Lipinski definition) is 1. The molecule has 1 N–H and O–H groups in total. The normalized spacial score (nSPS) is 17.7. The van der Waals surface area contributed by atoms with E-state index < -0.39 is 0 Å². The molecular formula is C15H19N5O2. The summed E-state index contributed by atoms with van der Waals surface area (Å²) < 4.78 is 5.17. The molecule has 0 spiro atoms. The Hall–Kier alpha value is -2.44. The number of aromatic nitrogens is 3. The van der Waals surface area contributed by atoms with Crippen molar-refractivity contribution in [3.05, 3.63) is 24.2 Å². The molecule has 1 aliphatic rings. The second-order valence-corrected chi connectivity index (χ2v) is 5.40. The predicted octanol–water partition coefficient (Wildman–Crippen LogP) is 1.86. The highest BCUT2D eigenvalue weighted by Crippen LogP contribution is 2.21. The van der Waals surface area contributed by atoms with Crippen molar-refractivity contribution in [1.29, 1.82) is 0 Å². The average molecular weight is 301 g/mol. The second-order valence-electron chi connectivity index (χ2n) is 5.40. The third kappa shape index (κ3) is 3.08. The molecule has 1 aliphatic heterocycles. The zero-order valence-electron chi connectivity index (χ0n) is 12.7. The molecule has 22 heavy (non-hydrogen) atoms. The monoisotopic (exact) mass is 301 g/mol. The minimum Gasteiger partial charge on any atom is -0.365 e. The van der Waals surface area contributed by atoms with Gasteiger partial charge in [0.15, 0.2) is 5.82 Å². The van der Waals surface area contributed by atoms with E-state index in [1.165, 1.54) is 0 Å². The molecule has 0 aromatic carbocycles. The van der Waals surface area contributed by atoms with Crippen LogP contribution < -0.4 is 5.32 Å². The summed E-state index contributed by atoms with van der Waals surface area (Å²) >= 11 is 0. The Morgan fingerprint density at radius 2 is 2.41 bits per heavy atom. The standard InChI is InChI=1S/C15H19N5O2/c1-3-14(21)20-7-5-12(9-20)18-13-8-11(4-6-16-13)15-17-10(2)19-22-15/h4,6,8,12H,3,5,7,9H2,1-2H3,(H,16,18). The van der Waals surface area contributed by atoms with Gasteiger partial charge in [-0.2, -0.15) is 4.98 Å². The predicted molar refractivity (Wildman–Crippen MR) is 81.2 cm³/mol. The summed E-state index contributed by atoms with van der Waals surface area (Å²) in [6.45, 7) is 5.19. The Balaban J connectivity index is 1.68. The van der Waals surface area contributed by atoms with Gasteiger partial charge in [-0.25, -0.2) is 4.98 Å². The van der Waals surface area contributed by atoms with Crippen molar-refractivity contribution >= 4 is 11.7 Å². The molecule has 1 saturated heterocycles. The summed E-state index contributed by atoms with van der Waals surface area (Å²) in [7, 11) is 0. The quantitative estimate of drug-likeness (QED) is 0.928. The number of rotatable bonds is 4. The summed E-state index contributed by atoms with van der Waals surface area (Å²) in [4.78, 5) is 22.1. The molecule has 7 heteroatoms. The molecule has 2 aromatic heterocycles. The maximum Gasteiger partial charge on any atom is 0.258 e. The van der Waals surface area contributed by atoms with E-state index in [9.17, 15) is 4.79 Å². The second kappa shape index (κ2) is 6.13. The lowest BCUT2D eigenvalue weighted by Crippen LogP contribution is -2.31. The number of amides is 1. The molecule has 0 aliphatic carbocycles. The van der Waals surface area contributed by atoms with Gasteiger partial charge in [0.05, 0.1) is 0 Å². The van der Waals surface area contributed by atoms with Crippen molar-refractivity contribution in [2.24, 2.45) is 0 Å².